The van der Waals surface area contributed by atoms with Crippen molar-refractivity contribution in [2.45, 2.75) is 65.4 Å². The molecule has 0 aliphatic carbocycles. The van der Waals surface area contributed by atoms with Gasteiger partial charge in [-0.05, 0) is 31.1 Å². The summed E-state index contributed by atoms with van der Waals surface area (Å²) in [5.41, 5.74) is 0.626. The van der Waals surface area contributed by atoms with Crippen molar-refractivity contribution in [2.24, 2.45) is 5.41 Å². The van der Waals surface area contributed by atoms with Gasteiger partial charge in [0, 0.05) is 19.6 Å². The van der Waals surface area contributed by atoms with Crippen LogP contribution < -0.4 is 0 Å². The average molecular weight is 227 g/mol. The number of hydrogen-bond donors (Lipinski definition) is 1. The highest BCUT2D eigenvalue weighted by molar-refractivity contribution is 4.94. The van der Waals surface area contributed by atoms with E-state index in [1.54, 1.807) is 0 Å². The SMILES string of the molecule is CCCC1(CCC)CN(CCC(O)CC)C1. The van der Waals surface area contributed by atoms with Crippen molar-refractivity contribution in [1.29, 1.82) is 0 Å². The lowest BCUT2D eigenvalue weighted by Crippen LogP contribution is -2.56. The zero-order valence-electron chi connectivity index (χ0n) is 11.3. The van der Waals surface area contributed by atoms with Gasteiger partial charge in [-0.25, -0.2) is 0 Å². The van der Waals surface area contributed by atoms with Gasteiger partial charge in [0.15, 0.2) is 0 Å². The van der Waals surface area contributed by atoms with Gasteiger partial charge in [0.2, 0.25) is 0 Å². The Kier molecular flexibility index (Phi) is 5.77. The van der Waals surface area contributed by atoms with E-state index in [0.29, 0.717) is 5.41 Å². The summed E-state index contributed by atoms with van der Waals surface area (Å²) in [7, 11) is 0. The Labute approximate surface area is 101 Å². The number of aliphatic hydroxyl groups excluding tert-OH is 1. The molecule has 2 heteroatoms. The molecule has 1 atom stereocenters. The first-order chi connectivity index (χ1) is 7.65. The normalized spacial score (nSPS) is 21.8. The smallest absolute Gasteiger partial charge is 0.0549 e. The van der Waals surface area contributed by atoms with Crippen LogP contribution >= 0.6 is 0 Å². The van der Waals surface area contributed by atoms with Gasteiger partial charge < -0.3 is 10.0 Å². The Bertz CT molecular complexity index is 179. The Morgan fingerprint density at radius 2 is 1.69 bits per heavy atom. The van der Waals surface area contributed by atoms with E-state index in [-0.39, 0.29) is 6.10 Å². The van der Waals surface area contributed by atoms with Gasteiger partial charge in [0.25, 0.3) is 0 Å². The Balaban J connectivity index is 2.22. The predicted octanol–water partition coefficient (Wildman–Crippen LogP) is 3.05. The highest BCUT2D eigenvalue weighted by atomic mass is 16.3. The van der Waals surface area contributed by atoms with Crippen LogP contribution in [0.25, 0.3) is 0 Å². The quantitative estimate of drug-likeness (QED) is 0.689. The van der Waals surface area contributed by atoms with Gasteiger partial charge in [0.05, 0.1) is 6.10 Å². The van der Waals surface area contributed by atoms with Crippen LogP contribution in [0.1, 0.15) is 59.3 Å². The lowest BCUT2D eigenvalue weighted by Gasteiger charge is -2.51. The van der Waals surface area contributed by atoms with E-state index in [0.717, 1.165) is 19.4 Å². The van der Waals surface area contributed by atoms with Crippen LogP contribution in [-0.4, -0.2) is 35.7 Å². The largest absolute Gasteiger partial charge is 0.393 e. The molecule has 1 fully saturated rings. The molecule has 2 nitrogen and oxygen atoms in total. The van der Waals surface area contributed by atoms with E-state index in [1.807, 2.05) is 0 Å². The number of hydrogen-bond acceptors (Lipinski definition) is 2. The lowest BCUT2D eigenvalue weighted by molar-refractivity contribution is -0.0221. The van der Waals surface area contributed by atoms with E-state index in [4.69, 9.17) is 0 Å². The molecule has 96 valence electrons. The summed E-state index contributed by atoms with van der Waals surface area (Å²) in [6, 6.07) is 0. The standard InChI is InChI=1S/C14H29NO/c1-4-8-14(9-5-2)11-15(12-14)10-7-13(16)6-3/h13,16H,4-12H2,1-3H3. The third-order valence-corrected chi connectivity index (χ3v) is 3.93. The summed E-state index contributed by atoms with van der Waals surface area (Å²) in [4.78, 5) is 2.52. The molecule has 1 N–H and O–H groups in total. The third-order valence-electron chi connectivity index (χ3n) is 3.93. The second kappa shape index (κ2) is 6.61. The van der Waals surface area contributed by atoms with Crippen molar-refractivity contribution < 1.29 is 5.11 Å². The molecule has 0 aromatic rings. The van der Waals surface area contributed by atoms with E-state index >= 15 is 0 Å². The first-order valence-corrected chi connectivity index (χ1v) is 7.06. The van der Waals surface area contributed by atoms with Gasteiger partial charge in [0.1, 0.15) is 0 Å². The maximum Gasteiger partial charge on any atom is 0.0549 e. The summed E-state index contributed by atoms with van der Waals surface area (Å²) < 4.78 is 0. The maximum atomic E-state index is 9.54. The molecule has 1 aliphatic heterocycles. The molecular weight excluding hydrogens is 198 g/mol. The van der Waals surface area contributed by atoms with Crippen LogP contribution in [0.3, 0.4) is 0 Å². The topological polar surface area (TPSA) is 23.5 Å². The first-order valence-electron chi connectivity index (χ1n) is 7.06. The van der Waals surface area contributed by atoms with Gasteiger partial charge in [-0.15, -0.1) is 0 Å². The van der Waals surface area contributed by atoms with E-state index in [9.17, 15) is 5.11 Å². The van der Waals surface area contributed by atoms with Crippen molar-refractivity contribution in [3.63, 3.8) is 0 Å². The minimum atomic E-state index is -0.0904. The van der Waals surface area contributed by atoms with Crippen molar-refractivity contribution >= 4 is 0 Å². The van der Waals surface area contributed by atoms with Crippen molar-refractivity contribution in [3.05, 3.63) is 0 Å². The molecule has 0 saturated carbocycles. The van der Waals surface area contributed by atoms with E-state index in [1.165, 1.54) is 38.8 Å². The van der Waals surface area contributed by atoms with Crippen LogP contribution in [0.2, 0.25) is 0 Å². The van der Waals surface area contributed by atoms with E-state index in [2.05, 4.69) is 25.7 Å². The molecule has 0 spiro atoms. The molecule has 1 aliphatic rings. The molecule has 16 heavy (non-hydrogen) atoms. The second-order valence-corrected chi connectivity index (χ2v) is 5.56. The summed E-state index contributed by atoms with van der Waals surface area (Å²) in [5.74, 6) is 0. The Hall–Kier alpha value is -0.0800. The number of likely N-dealkylation sites (tertiary alicyclic amines) is 1. The minimum Gasteiger partial charge on any atom is -0.393 e. The molecule has 0 amide bonds. The molecule has 1 rings (SSSR count). The molecule has 1 saturated heterocycles. The van der Waals surface area contributed by atoms with Crippen LogP contribution in [0.15, 0.2) is 0 Å². The number of aliphatic hydroxyl groups is 1. The molecular formula is C14H29NO. The molecule has 0 radical (unpaired) electrons. The van der Waals surface area contributed by atoms with Crippen LogP contribution in [0.5, 0.6) is 0 Å². The number of nitrogens with zero attached hydrogens (tertiary/aromatic N) is 1. The Morgan fingerprint density at radius 3 is 2.12 bits per heavy atom. The number of rotatable bonds is 8. The summed E-state index contributed by atoms with van der Waals surface area (Å²) in [6.45, 7) is 10.3. The minimum absolute atomic E-state index is 0.0904. The zero-order chi connectivity index (χ0) is 12.0. The molecule has 0 bridgehead atoms. The van der Waals surface area contributed by atoms with Gasteiger partial charge in [-0.1, -0.05) is 33.6 Å². The monoisotopic (exact) mass is 227 g/mol. The van der Waals surface area contributed by atoms with Crippen molar-refractivity contribution in [2.75, 3.05) is 19.6 Å². The fraction of sp³-hybridized carbons (Fsp3) is 1.00. The van der Waals surface area contributed by atoms with Crippen molar-refractivity contribution in [1.82, 2.24) is 4.90 Å². The molecule has 1 unspecified atom stereocenters. The molecule has 1 heterocycles. The fourth-order valence-electron chi connectivity index (χ4n) is 3.10. The maximum absolute atomic E-state index is 9.54. The van der Waals surface area contributed by atoms with Gasteiger partial charge in [-0.3, -0.25) is 0 Å². The Morgan fingerprint density at radius 1 is 1.12 bits per heavy atom. The predicted molar refractivity (Wildman–Crippen MR) is 69.6 cm³/mol. The first kappa shape index (κ1) is 14.0. The molecule has 0 aromatic carbocycles. The lowest BCUT2D eigenvalue weighted by atomic mass is 9.72. The summed E-state index contributed by atoms with van der Waals surface area (Å²) in [5, 5.41) is 9.54. The molecule has 0 aromatic heterocycles. The van der Waals surface area contributed by atoms with Crippen molar-refractivity contribution in [3.8, 4) is 0 Å². The summed E-state index contributed by atoms with van der Waals surface area (Å²) in [6.07, 6.45) is 7.14. The van der Waals surface area contributed by atoms with E-state index < -0.39 is 0 Å². The highest BCUT2D eigenvalue weighted by Gasteiger charge is 2.40. The zero-order valence-corrected chi connectivity index (χ0v) is 11.3. The third kappa shape index (κ3) is 3.74. The summed E-state index contributed by atoms with van der Waals surface area (Å²) >= 11 is 0. The van der Waals surface area contributed by atoms with Crippen LogP contribution in [0.4, 0.5) is 0 Å². The van der Waals surface area contributed by atoms with Gasteiger partial charge in [-0.2, -0.15) is 0 Å². The van der Waals surface area contributed by atoms with Gasteiger partial charge >= 0.3 is 0 Å². The fourth-order valence-corrected chi connectivity index (χ4v) is 3.10. The van der Waals surface area contributed by atoms with Crippen LogP contribution in [0, 0.1) is 5.41 Å². The highest BCUT2D eigenvalue weighted by Crippen LogP contribution is 2.39. The average Bonchev–Trinajstić information content (AvgIpc) is 2.23. The van der Waals surface area contributed by atoms with Crippen LogP contribution in [-0.2, 0) is 0 Å². The second-order valence-electron chi connectivity index (χ2n) is 5.56.